The Morgan fingerprint density at radius 3 is 2.83 bits per heavy atom. The number of nitrogens with zero attached hydrogens (tertiary/aromatic N) is 2. The summed E-state index contributed by atoms with van der Waals surface area (Å²) in [6.07, 6.45) is 0. The van der Waals surface area contributed by atoms with E-state index in [1.54, 1.807) is 13.0 Å². The minimum atomic E-state index is 0.0448. The highest BCUT2D eigenvalue weighted by atomic mass is 35.5. The van der Waals surface area contributed by atoms with Crippen LogP contribution in [0.25, 0.3) is 0 Å². The molecule has 2 aromatic rings. The van der Waals surface area contributed by atoms with Gasteiger partial charge >= 0.3 is 0 Å². The molecule has 96 valence electrons. The van der Waals surface area contributed by atoms with Crippen molar-refractivity contribution in [3.63, 3.8) is 0 Å². The Hall–Kier alpha value is -1.10. The molecule has 0 bridgehead atoms. The largest absolute Gasteiger partial charge is 0.338 e. The van der Waals surface area contributed by atoms with E-state index in [2.05, 4.69) is 15.5 Å². The summed E-state index contributed by atoms with van der Waals surface area (Å²) in [5, 5.41) is 8.11. The van der Waals surface area contributed by atoms with Crippen LogP contribution in [0, 0.1) is 6.92 Å². The minimum absolute atomic E-state index is 0.0448. The van der Waals surface area contributed by atoms with E-state index in [9.17, 15) is 0 Å². The van der Waals surface area contributed by atoms with E-state index < -0.39 is 0 Å². The molecular weight excluding hydrogens is 273 g/mol. The molecule has 0 aliphatic carbocycles. The summed E-state index contributed by atoms with van der Waals surface area (Å²) in [5.74, 6) is 1.18. The lowest BCUT2D eigenvalue weighted by Gasteiger charge is -2.14. The van der Waals surface area contributed by atoms with Gasteiger partial charge in [-0.25, -0.2) is 0 Å². The van der Waals surface area contributed by atoms with Gasteiger partial charge in [0.05, 0.1) is 16.6 Å². The van der Waals surface area contributed by atoms with E-state index >= 15 is 0 Å². The Morgan fingerprint density at radius 1 is 1.39 bits per heavy atom. The lowest BCUT2D eigenvalue weighted by Crippen LogP contribution is -2.18. The minimum Gasteiger partial charge on any atom is -0.338 e. The zero-order valence-corrected chi connectivity index (χ0v) is 11.6. The third kappa shape index (κ3) is 3.02. The Morgan fingerprint density at radius 2 is 2.17 bits per heavy atom. The number of hydrogen-bond donors (Lipinski definition) is 1. The lowest BCUT2D eigenvalue weighted by atomic mass is 10.1. The number of rotatable bonds is 4. The third-order valence-corrected chi connectivity index (χ3v) is 3.41. The molecule has 1 atom stereocenters. The summed E-state index contributed by atoms with van der Waals surface area (Å²) in [6.45, 7) is 4.27. The van der Waals surface area contributed by atoms with Crippen LogP contribution in [0.4, 0.5) is 0 Å². The van der Waals surface area contributed by atoms with Gasteiger partial charge in [0.1, 0.15) is 0 Å². The van der Waals surface area contributed by atoms with Crippen LogP contribution in [0.2, 0.25) is 10.0 Å². The molecule has 0 spiro atoms. The van der Waals surface area contributed by atoms with Crippen molar-refractivity contribution in [3.8, 4) is 0 Å². The monoisotopic (exact) mass is 285 g/mol. The topological polar surface area (TPSA) is 51.0 Å². The van der Waals surface area contributed by atoms with Gasteiger partial charge in [0, 0.05) is 6.04 Å². The van der Waals surface area contributed by atoms with Gasteiger partial charge in [-0.05, 0) is 25.5 Å². The van der Waals surface area contributed by atoms with Crippen LogP contribution in [0.3, 0.4) is 0 Å². The van der Waals surface area contributed by atoms with Crippen molar-refractivity contribution < 1.29 is 4.52 Å². The highest BCUT2D eigenvalue weighted by Gasteiger charge is 2.12. The summed E-state index contributed by atoms with van der Waals surface area (Å²) in [6, 6.07) is 5.62. The summed E-state index contributed by atoms with van der Waals surface area (Å²) in [7, 11) is 0. The van der Waals surface area contributed by atoms with E-state index in [0.717, 1.165) is 5.56 Å². The number of hydrogen-bond acceptors (Lipinski definition) is 4. The molecule has 0 amide bonds. The molecule has 1 heterocycles. The first-order valence-electron chi connectivity index (χ1n) is 5.54. The fraction of sp³-hybridized carbons (Fsp3) is 0.333. The van der Waals surface area contributed by atoms with Crippen LogP contribution in [0.1, 0.15) is 30.2 Å². The quantitative estimate of drug-likeness (QED) is 0.934. The predicted molar refractivity (Wildman–Crippen MR) is 70.8 cm³/mol. The van der Waals surface area contributed by atoms with Crippen molar-refractivity contribution in [1.82, 2.24) is 15.5 Å². The highest BCUT2D eigenvalue weighted by Crippen LogP contribution is 2.29. The smallest absolute Gasteiger partial charge is 0.240 e. The molecule has 2 rings (SSSR count). The fourth-order valence-electron chi connectivity index (χ4n) is 1.62. The molecule has 6 heteroatoms. The summed E-state index contributed by atoms with van der Waals surface area (Å²) < 4.78 is 5.02. The van der Waals surface area contributed by atoms with Crippen LogP contribution >= 0.6 is 23.2 Å². The molecule has 1 aromatic heterocycles. The van der Waals surface area contributed by atoms with E-state index in [1.807, 2.05) is 19.1 Å². The molecule has 0 saturated heterocycles. The number of nitrogens with one attached hydrogen (secondary N) is 1. The highest BCUT2D eigenvalue weighted by molar-refractivity contribution is 6.42. The molecular formula is C12H13Cl2N3O. The average molecular weight is 286 g/mol. The summed E-state index contributed by atoms with van der Waals surface area (Å²) >= 11 is 12.1. The molecule has 1 N–H and O–H groups in total. The van der Waals surface area contributed by atoms with E-state index in [4.69, 9.17) is 27.7 Å². The third-order valence-electron chi connectivity index (χ3n) is 2.58. The predicted octanol–water partition coefficient (Wildman–Crippen LogP) is 3.54. The zero-order valence-electron chi connectivity index (χ0n) is 10.1. The second-order valence-electron chi connectivity index (χ2n) is 3.98. The maximum atomic E-state index is 6.15. The second-order valence-corrected chi connectivity index (χ2v) is 4.77. The molecule has 4 nitrogen and oxygen atoms in total. The average Bonchev–Trinajstić information content (AvgIpc) is 2.76. The Balaban J connectivity index is 2.03. The van der Waals surface area contributed by atoms with Crippen LogP contribution < -0.4 is 5.32 Å². The number of aryl methyl sites for hydroxylation is 1. The number of benzene rings is 1. The molecule has 1 unspecified atom stereocenters. The fourth-order valence-corrected chi connectivity index (χ4v) is 2.09. The Bertz CT molecular complexity index is 542. The van der Waals surface area contributed by atoms with Crippen molar-refractivity contribution >= 4 is 23.2 Å². The summed E-state index contributed by atoms with van der Waals surface area (Å²) in [4.78, 5) is 4.12. The maximum Gasteiger partial charge on any atom is 0.240 e. The molecule has 18 heavy (non-hydrogen) atoms. The SMILES string of the molecule is Cc1noc(CNC(C)c2cccc(Cl)c2Cl)n1. The van der Waals surface area contributed by atoms with Crippen molar-refractivity contribution in [2.75, 3.05) is 0 Å². The molecule has 1 aromatic carbocycles. The van der Waals surface area contributed by atoms with Gasteiger partial charge in [-0.15, -0.1) is 0 Å². The van der Waals surface area contributed by atoms with Crippen LogP contribution in [-0.4, -0.2) is 10.1 Å². The normalized spacial score (nSPS) is 12.7. The first-order valence-corrected chi connectivity index (χ1v) is 6.30. The van der Waals surface area contributed by atoms with Gasteiger partial charge < -0.3 is 9.84 Å². The van der Waals surface area contributed by atoms with E-state index in [0.29, 0.717) is 28.3 Å². The van der Waals surface area contributed by atoms with Crippen molar-refractivity contribution in [2.24, 2.45) is 0 Å². The van der Waals surface area contributed by atoms with Gasteiger partial charge in [0.25, 0.3) is 0 Å². The van der Waals surface area contributed by atoms with Gasteiger partial charge in [0.2, 0.25) is 5.89 Å². The van der Waals surface area contributed by atoms with Crippen molar-refractivity contribution in [1.29, 1.82) is 0 Å². The van der Waals surface area contributed by atoms with E-state index in [-0.39, 0.29) is 6.04 Å². The zero-order chi connectivity index (χ0) is 13.1. The van der Waals surface area contributed by atoms with Crippen LogP contribution in [0.15, 0.2) is 22.7 Å². The van der Waals surface area contributed by atoms with Gasteiger partial charge in [-0.3, -0.25) is 0 Å². The van der Waals surface area contributed by atoms with Crippen molar-refractivity contribution in [3.05, 3.63) is 45.5 Å². The van der Waals surface area contributed by atoms with Gasteiger partial charge in [-0.2, -0.15) is 4.98 Å². The summed E-state index contributed by atoms with van der Waals surface area (Å²) in [5.41, 5.74) is 0.945. The van der Waals surface area contributed by atoms with E-state index in [1.165, 1.54) is 0 Å². The number of aromatic nitrogens is 2. The Labute approximate surface area is 115 Å². The maximum absolute atomic E-state index is 6.15. The van der Waals surface area contributed by atoms with Crippen LogP contribution in [0.5, 0.6) is 0 Å². The lowest BCUT2D eigenvalue weighted by molar-refractivity contribution is 0.357. The molecule has 0 radical (unpaired) electrons. The van der Waals surface area contributed by atoms with Gasteiger partial charge in [0.15, 0.2) is 5.82 Å². The molecule has 0 aliphatic heterocycles. The molecule has 0 fully saturated rings. The van der Waals surface area contributed by atoms with Gasteiger partial charge in [-0.1, -0.05) is 40.5 Å². The molecule has 0 saturated carbocycles. The second kappa shape index (κ2) is 5.69. The molecule has 0 aliphatic rings. The first-order chi connectivity index (χ1) is 8.58. The standard InChI is InChI=1S/C12H13Cl2N3O/c1-7(9-4-3-5-10(13)12(9)14)15-6-11-16-8(2)17-18-11/h3-5,7,15H,6H2,1-2H3. The number of halogens is 2. The van der Waals surface area contributed by atoms with Crippen molar-refractivity contribution in [2.45, 2.75) is 26.4 Å². The van der Waals surface area contributed by atoms with Crippen LogP contribution in [-0.2, 0) is 6.54 Å². The Kier molecular flexibility index (Phi) is 4.22. The first kappa shape index (κ1) is 13.3.